The number of nitrogens with two attached hydrogens (primary N) is 1. The molecule has 1 aromatic carbocycles. The third kappa shape index (κ3) is 1.10. The summed E-state index contributed by atoms with van der Waals surface area (Å²) < 4.78 is 0. The molecule has 1 aromatic rings. The minimum Gasteiger partial charge on any atom is -0.508 e. The van der Waals surface area contributed by atoms with Gasteiger partial charge in [0.1, 0.15) is 5.75 Å². The predicted molar refractivity (Wildman–Crippen MR) is 48.8 cm³/mol. The van der Waals surface area contributed by atoms with Gasteiger partial charge in [-0.1, -0.05) is 17.7 Å². The van der Waals surface area contributed by atoms with Crippen LogP contribution in [-0.2, 0) is 6.42 Å². The lowest BCUT2D eigenvalue weighted by Gasteiger charge is -1.98. The topological polar surface area (TPSA) is 46.2 Å². The monoisotopic (exact) mass is 161 g/mol. The second kappa shape index (κ2) is 2.64. The van der Waals surface area contributed by atoms with Crippen LogP contribution in [0.5, 0.6) is 5.75 Å². The molecule has 3 N–H and O–H groups in total. The molecular weight excluding hydrogens is 150 g/mol. The fraction of sp³-hybridized carbons (Fsp3) is 0.200. The zero-order chi connectivity index (χ0) is 8.55. The summed E-state index contributed by atoms with van der Waals surface area (Å²) in [4.78, 5) is 0. The van der Waals surface area contributed by atoms with Crippen molar-refractivity contribution in [2.75, 3.05) is 6.54 Å². The van der Waals surface area contributed by atoms with E-state index in [1.807, 2.05) is 6.07 Å². The quantitative estimate of drug-likeness (QED) is 0.652. The van der Waals surface area contributed by atoms with Crippen molar-refractivity contribution >= 4 is 6.08 Å². The van der Waals surface area contributed by atoms with E-state index in [9.17, 15) is 5.11 Å². The van der Waals surface area contributed by atoms with Crippen molar-refractivity contribution in [3.05, 3.63) is 34.9 Å². The average molecular weight is 161 g/mol. The molecule has 12 heavy (non-hydrogen) atoms. The van der Waals surface area contributed by atoms with E-state index in [4.69, 9.17) is 5.73 Å². The van der Waals surface area contributed by atoms with Crippen LogP contribution in [0.3, 0.4) is 0 Å². The molecule has 0 saturated carbocycles. The van der Waals surface area contributed by atoms with Crippen molar-refractivity contribution in [2.24, 2.45) is 5.73 Å². The average Bonchev–Trinajstić information content (AvgIpc) is 2.46. The molecule has 2 heteroatoms. The van der Waals surface area contributed by atoms with E-state index in [2.05, 4.69) is 6.08 Å². The minimum atomic E-state index is 0.322. The lowest BCUT2D eigenvalue weighted by atomic mass is 10.1. The van der Waals surface area contributed by atoms with Crippen LogP contribution in [-0.4, -0.2) is 11.7 Å². The Balaban J connectivity index is 2.42. The molecule has 0 bridgehead atoms. The molecule has 0 aliphatic heterocycles. The fourth-order valence-corrected chi connectivity index (χ4v) is 1.52. The van der Waals surface area contributed by atoms with E-state index in [1.165, 1.54) is 11.1 Å². The van der Waals surface area contributed by atoms with E-state index < -0.39 is 0 Å². The number of fused-ring (bicyclic) bond motifs is 1. The van der Waals surface area contributed by atoms with Gasteiger partial charge in [-0.05, 0) is 29.7 Å². The summed E-state index contributed by atoms with van der Waals surface area (Å²) in [7, 11) is 0. The van der Waals surface area contributed by atoms with Gasteiger partial charge in [-0.2, -0.15) is 0 Å². The van der Waals surface area contributed by atoms with Crippen LogP contribution in [0.1, 0.15) is 11.1 Å². The van der Waals surface area contributed by atoms with Crippen LogP contribution in [0.4, 0.5) is 0 Å². The van der Waals surface area contributed by atoms with Crippen molar-refractivity contribution in [1.82, 2.24) is 0 Å². The number of phenolic OH excluding ortho intramolecular Hbond substituents is 1. The fourth-order valence-electron chi connectivity index (χ4n) is 1.52. The Morgan fingerprint density at radius 3 is 3.00 bits per heavy atom. The molecular formula is C10H11NO. The molecule has 0 spiro atoms. The predicted octanol–water partition coefficient (Wildman–Crippen LogP) is 1.29. The third-order valence-corrected chi connectivity index (χ3v) is 2.17. The van der Waals surface area contributed by atoms with Crippen molar-refractivity contribution in [3.8, 4) is 5.75 Å². The number of benzene rings is 1. The van der Waals surface area contributed by atoms with E-state index in [0.717, 1.165) is 12.0 Å². The van der Waals surface area contributed by atoms with Crippen LogP contribution in [0, 0.1) is 0 Å². The lowest BCUT2D eigenvalue weighted by Crippen LogP contribution is -2.01. The Hall–Kier alpha value is -1.28. The van der Waals surface area contributed by atoms with Crippen LogP contribution in [0.2, 0.25) is 0 Å². The van der Waals surface area contributed by atoms with E-state index in [1.54, 1.807) is 12.1 Å². The Labute approximate surface area is 71.3 Å². The van der Waals surface area contributed by atoms with Gasteiger partial charge in [-0.3, -0.25) is 0 Å². The molecule has 0 radical (unpaired) electrons. The van der Waals surface area contributed by atoms with Crippen molar-refractivity contribution < 1.29 is 5.11 Å². The molecule has 0 aromatic heterocycles. The zero-order valence-electron chi connectivity index (χ0n) is 6.75. The van der Waals surface area contributed by atoms with Gasteiger partial charge in [0.05, 0.1) is 0 Å². The Bertz CT molecular complexity index is 342. The number of rotatable bonds is 1. The highest BCUT2D eigenvalue weighted by Crippen LogP contribution is 2.27. The summed E-state index contributed by atoms with van der Waals surface area (Å²) in [5.74, 6) is 0.322. The molecule has 62 valence electrons. The largest absolute Gasteiger partial charge is 0.508 e. The van der Waals surface area contributed by atoms with Gasteiger partial charge < -0.3 is 10.8 Å². The summed E-state index contributed by atoms with van der Waals surface area (Å²) in [6.07, 6.45) is 2.99. The first kappa shape index (κ1) is 7.37. The molecule has 0 fully saturated rings. The van der Waals surface area contributed by atoms with Gasteiger partial charge in [-0.15, -0.1) is 0 Å². The molecule has 0 atom stereocenters. The zero-order valence-corrected chi connectivity index (χ0v) is 6.75. The summed E-state index contributed by atoms with van der Waals surface area (Å²) in [6, 6.07) is 5.44. The molecule has 2 rings (SSSR count). The van der Waals surface area contributed by atoms with Crippen LogP contribution in [0.15, 0.2) is 23.8 Å². The number of aromatic hydroxyl groups is 1. The van der Waals surface area contributed by atoms with Crippen molar-refractivity contribution in [1.29, 1.82) is 0 Å². The summed E-state index contributed by atoms with van der Waals surface area (Å²) >= 11 is 0. The summed E-state index contributed by atoms with van der Waals surface area (Å²) in [5, 5.41) is 9.19. The van der Waals surface area contributed by atoms with E-state index >= 15 is 0 Å². The first-order valence-electron chi connectivity index (χ1n) is 4.01. The highest BCUT2D eigenvalue weighted by atomic mass is 16.3. The van der Waals surface area contributed by atoms with Gasteiger partial charge in [0.15, 0.2) is 0 Å². The standard InChI is InChI=1S/C10H11NO/c11-6-7-3-8-1-2-10(12)5-9(8)4-7/h1-2,4-5,12H,3,6,11H2. The number of hydrogen-bond acceptors (Lipinski definition) is 2. The SMILES string of the molecule is NCC1=Cc2cc(O)ccc2C1. The van der Waals surface area contributed by atoms with Crippen LogP contribution in [0.25, 0.3) is 6.08 Å². The third-order valence-electron chi connectivity index (χ3n) is 2.17. The number of phenols is 1. The first-order chi connectivity index (χ1) is 5.79. The highest BCUT2D eigenvalue weighted by molar-refractivity contribution is 5.65. The van der Waals surface area contributed by atoms with Gasteiger partial charge in [0.25, 0.3) is 0 Å². The second-order valence-corrected chi connectivity index (χ2v) is 3.07. The Kier molecular flexibility index (Phi) is 1.62. The molecule has 0 heterocycles. The van der Waals surface area contributed by atoms with Gasteiger partial charge in [-0.25, -0.2) is 0 Å². The minimum absolute atomic E-state index is 0.322. The van der Waals surface area contributed by atoms with Crippen molar-refractivity contribution in [2.45, 2.75) is 6.42 Å². The molecule has 0 amide bonds. The molecule has 1 aliphatic carbocycles. The Morgan fingerprint density at radius 1 is 1.42 bits per heavy atom. The van der Waals surface area contributed by atoms with Gasteiger partial charge in [0, 0.05) is 6.54 Å². The van der Waals surface area contributed by atoms with Gasteiger partial charge >= 0.3 is 0 Å². The van der Waals surface area contributed by atoms with Crippen molar-refractivity contribution in [3.63, 3.8) is 0 Å². The molecule has 2 nitrogen and oxygen atoms in total. The highest BCUT2D eigenvalue weighted by Gasteiger charge is 2.10. The Morgan fingerprint density at radius 2 is 2.25 bits per heavy atom. The van der Waals surface area contributed by atoms with E-state index in [-0.39, 0.29) is 0 Å². The van der Waals surface area contributed by atoms with Crippen LogP contribution >= 0.6 is 0 Å². The maximum Gasteiger partial charge on any atom is 0.116 e. The maximum atomic E-state index is 9.19. The maximum absolute atomic E-state index is 9.19. The lowest BCUT2D eigenvalue weighted by molar-refractivity contribution is 0.475. The van der Waals surface area contributed by atoms with Crippen LogP contribution < -0.4 is 5.73 Å². The smallest absolute Gasteiger partial charge is 0.116 e. The normalized spacial score (nSPS) is 14.2. The van der Waals surface area contributed by atoms with Gasteiger partial charge in [0.2, 0.25) is 0 Å². The second-order valence-electron chi connectivity index (χ2n) is 3.07. The first-order valence-corrected chi connectivity index (χ1v) is 4.01. The molecule has 0 saturated heterocycles. The molecule has 1 aliphatic rings. The number of hydrogen-bond donors (Lipinski definition) is 2. The molecule has 0 unspecified atom stereocenters. The summed E-state index contributed by atoms with van der Waals surface area (Å²) in [6.45, 7) is 0.607. The summed E-state index contributed by atoms with van der Waals surface area (Å²) in [5.41, 5.74) is 9.12. The van der Waals surface area contributed by atoms with E-state index in [0.29, 0.717) is 12.3 Å².